The first-order valence-electron chi connectivity index (χ1n) is 4.23. The fraction of sp³-hybridized carbons (Fsp3) is 0.111. The highest BCUT2D eigenvalue weighted by molar-refractivity contribution is 9.10. The number of nitrogens with zero attached hydrogens (tertiary/aromatic N) is 3. The zero-order valence-electron chi connectivity index (χ0n) is 7.91. The summed E-state index contributed by atoms with van der Waals surface area (Å²) in [6.07, 6.45) is 0. The van der Waals surface area contributed by atoms with Crippen molar-refractivity contribution in [1.82, 2.24) is 15.0 Å². The van der Waals surface area contributed by atoms with E-state index in [9.17, 15) is 4.39 Å². The van der Waals surface area contributed by atoms with E-state index in [0.29, 0.717) is 16.0 Å². The van der Waals surface area contributed by atoms with Gasteiger partial charge in [-0.3, -0.25) is 0 Å². The molecule has 15 heavy (non-hydrogen) atoms. The van der Waals surface area contributed by atoms with Crippen molar-refractivity contribution in [2.45, 2.75) is 6.92 Å². The van der Waals surface area contributed by atoms with Gasteiger partial charge in [0, 0.05) is 0 Å². The van der Waals surface area contributed by atoms with Crippen LogP contribution >= 0.6 is 15.9 Å². The summed E-state index contributed by atoms with van der Waals surface area (Å²) in [4.78, 5) is 0. The number of aromatic nitrogens is 3. The molecule has 0 fully saturated rings. The van der Waals surface area contributed by atoms with Gasteiger partial charge >= 0.3 is 0 Å². The second-order valence-electron chi connectivity index (χ2n) is 3.07. The summed E-state index contributed by atoms with van der Waals surface area (Å²) in [6.45, 7) is 1.80. The second kappa shape index (κ2) is 3.62. The first-order chi connectivity index (χ1) is 7.09. The number of anilines is 1. The molecule has 2 N–H and O–H groups in total. The third kappa shape index (κ3) is 1.72. The maximum atomic E-state index is 13.0. The quantitative estimate of drug-likeness (QED) is 0.863. The lowest BCUT2D eigenvalue weighted by Gasteiger charge is -2.03. The predicted octanol–water partition coefficient (Wildman–Crippen LogP) is 2.06. The summed E-state index contributed by atoms with van der Waals surface area (Å²) in [5.41, 5.74) is 7.01. The van der Waals surface area contributed by atoms with Gasteiger partial charge in [-0.05, 0) is 41.1 Å². The van der Waals surface area contributed by atoms with E-state index in [4.69, 9.17) is 5.73 Å². The molecule has 6 heteroatoms. The summed E-state index contributed by atoms with van der Waals surface area (Å²) < 4.78 is 14.9. The first-order valence-corrected chi connectivity index (χ1v) is 5.02. The largest absolute Gasteiger partial charge is 0.381 e. The third-order valence-electron chi connectivity index (χ3n) is 2.08. The monoisotopic (exact) mass is 270 g/mol. The molecule has 78 valence electrons. The molecule has 0 aliphatic rings. The Morgan fingerprint density at radius 3 is 2.73 bits per heavy atom. The minimum atomic E-state index is -0.315. The van der Waals surface area contributed by atoms with Gasteiger partial charge in [0.15, 0.2) is 5.82 Å². The maximum absolute atomic E-state index is 13.0. The lowest BCUT2D eigenvalue weighted by atomic mass is 10.3. The van der Waals surface area contributed by atoms with E-state index in [1.165, 1.54) is 6.07 Å². The lowest BCUT2D eigenvalue weighted by Crippen LogP contribution is -2.00. The maximum Gasteiger partial charge on any atom is 0.169 e. The third-order valence-corrected chi connectivity index (χ3v) is 2.69. The van der Waals surface area contributed by atoms with Gasteiger partial charge in [-0.15, -0.1) is 5.10 Å². The molecular weight excluding hydrogens is 263 g/mol. The van der Waals surface area contributed by atoms with Crippen LogP contribution in [0.5, 0.6) is 0 Å². The minimum Gasteiger partial charge on any atom is -0.381 e. The molecule has 0 saturated carbocycles. The molecular formula is C9H8BrFN4. The van der Waals surface area contributed by atoms with Crippen molar-refractivity contribution in [3.63, 3.8) is 0 Å². The summed E-state index contributed by atoms with van der Waals surface area (Å²) in [7, 11) is 0. The van der Waals surface area contributed by atoms with Gasteiger partial charge in [0.05, 0.1) is 15.9 Å². The van der Waals surface area contributed by atoms with Crippen molar-refractivity contribution in [2.24, 2.45) is 0 Å². The van der Waals surface area contributed by atoms with Gasteiger partial charge in [-0.25, -0.2) is 9.07 Å². The Bertz CT molecular complexity index is 509. The highest BCUT2D eigenvalue weighted by Gasteiger charge is 2.08. The molecule has 0 saturated heterocycles. The molecule has 0 atom stereocenters. The number of hydrogen-bond donors (Lipinski definition) is 1. The average Bonchev–Trinajstić information content (AvgIpc) is 2.53. The molecule has 0 bridgehead atoms. The Hall–Kier alpha value is -1.43. The Morgan fingerprint density at radius 1 is 1.47 bits per heavy atom. The van der Waals surface area contributed by atoms with Gasteiger partial charge in [0.1, 0.15) is 5.82 Å². The van der Waals surface area contributed by atoms with Crippen LogP contribution in [-0.2, 0) is 0 Å². The molecule has 1 heterocycles. The van der Waals surface area contributed by atoms with Crippen LogP contribution in [0.15, 0.2) is 22.7 Å². The molecule has 0 unspecified atom stereocenters. The van der Waals surface area contributed by atoms with Crippen LogP contribution in [0.4, 0.5) is 10.2 Å². The number of hydrogen-bond acceptors (Lipinski definition) is 3. The predicted molar refractivity (Wildman–Crippen MR) is 58.2 cm³/mol. The molecule has 1 aromatic heterocycles. The van der Waals surface area contributed by atoms with Gasteiger partial charge in [-0.2, -0.15) is 0 Å². The fourth-order valence-electron chi connectivity index (χ4n) is 1.20. The van der Waals surface area contributed by atoms with Crippen molar-refractivity contribution in [1.29, 1.82) is 0 Å². The van der Waals surface area contributed by atoms with E-state index in [1.54, 1.807) is 23.7 Å². The van der Waals surface area contributed by atoms with Gasteiger partial charge < -0.3 is 5.73 Å². The molecule has 2 aromatic rings. The molecule has 4 nitrogen and oxygen atoms in total. The average molecular weight is 271 g/mol. The van der Waals surface area contributed by atoms with Crippen molar-refractivity contribution >= 4 is 21.7 Å². The molecule has 2 rings (SSSR count). The van der Waals surface area contributed by atoms with Gasteiger partial charge in [-0.1, -0.05) is 5.21 Å². The van der Waals surface area contributed by atoms with Gasteiger partial charge in [0.25, 0.3) is 0 Å². The van der Waals surface area contributed by atoms with E-state index in [2.05, 4.69) is 26.2 Å². The summed E-state index contributed by atoms with van der Waals surface area (Å²) in [5, 5.41) is 7.58. The van der Waals surface area contributed by atoms with E-state index in [0.717, 1.165) is 5.69 Å². The lowest BCUT2D eigenvalue weighted by molar-refractivity contribution is 0.619. The number of nitrogen functional groups attached to an aromatic ring is 1. The highest BCUT2D eigenvalue weighted by Crippen LogP contribution is 2.20. The van der Waals surface area contributed by atoms with Gasteiger partial charge in [0.2, 0.25) is 0 Å². The Balaban J connectivity index is 2.55. The summed E-state index contributed by atoms with van der Waals surface area (Å²) >= 11 is 3.11. The molecule has 1 aromatic carbocycles. The number of halogens is 2. The molecule has 0 radical (unpaired) electrons. The SMILES string of the molecule is Cc1c(N)nnn1-c1ccc(F)c(Br)c1. The standard InChI is InChI=1S/C9H8BrFN4/c1-5-9(12)13-14-15(5)6-2-3-8(11)7(10)4-6/h2-4H,12H2,1H3. The first kappa shape index (κ1) is 10.1. The summed E-state index contributed by atoms with van der Waals surface area (Å²) in [6, 6.07) is 4.59. The number of nitrogens with two attached hydrogens (primary N) is 1. The zero-order valence-corrected chi connectivity index (χ0v) is 9.49. The van der Waals surface area contributed by atoms with Crippen LogP contribution < -0.4 is 5.73 Å². The molecule has 0 aliphatic heterocycles. The zero-order chi connectivity index (χ0) is 11.0. The molecule has 0 aliphatic carbocycles. The van der Waals surface area contributed by atoms with Crippen LogP contribution in [0.2, 0.25) is 0 Å². The Morgan fingerprint density at radius 2 is 2.20 bits per heavy atom. The van der Waals surface area contributed by atoms with E-state index < -0.39 is 0 Å². The van der Waals surface area contributed by atoms with E-state index in [-0.39, 0.29) is 5.82 Å². The number of benzene rings is 1. The van der Waals surface area contributed by atoms with Crippen LogP contribution in [0.25, 0.3) is 5.69 Å². The minimum absolute atomic E-state index is 0.315. The van der Waals surface area contributed by atoms with E-state index in [1.807, 2.05) is 0 Å². The smallest absolute Gasteiger partial charge is 0.169 e. The van der Waals surface area contributed by atoms with Crippen molar-refractivity contribution in [3.05, 3.63) is 34.2 Å². The normalized spacial score (nSPS) is 10.6. The highest BCUT2D eigenvalue weighted by atomic mass is 79.9. The van der Waals surface area contributed by atoms with E-state index >= 15 is 0 Å². The molecule has 0 amide bonds. The molecule has 0 spiro atoms. The van der Waals surface area contributed by atoms with Crippen LogP contribution in [-0.4, -0.2) is 15.0 Å². The number of rotatable bonds is 1. The second-order valence-corrected chi connectivity index (χ2v) is 3.92. The van der Waals surface area contributed by atoms with Crippen molar-refractivity contribution in [3.8, 4) is 5.69 Å². The van der Waals surface area contributed by atoms with Crippen LogP contribution in [0, 0.1) is 12.7 Å². The Kier molecular flexibility index (Phi) is 2.44. The Labute approximate surface area is 94.0 Å². The fourth-order valence-corrected chi connectivity index (χ4v) is 1.57. The van der Waals surface area contributed by atoms with Crippen LogP contribution in [0.3, 0.4) is 0 Å². The van der Waals surface area contributed by atoms with Crippen molar-refractivity contribution < 1.29 is 4.39 Å². The van der Waals surface area contributed by atoms with Crippen molar-refractivity contribution in [2.75, 3.05) is 5.73 Å². The summed E-state index contributed by atoms with van der Waals surface area (Å²) in [5.74, 6) is 0.0555. The topological polar surface area (TPSA) is 56.7 Å². The van der Waals surface area contributed by atoms with Crippen LogP contribution in [0.1, 0.15) is 5.69 Å².